The maximum atomic E-state index is 5.57. The first-order chi connectivity index (χ1) is 9.03. The van der Waals surface area contributed by atoms with Gasteiger partial charge in [0.25, 0.3) is 0 Å². The first-order valence-corrected chi connectivity index (χ1v) is 7.36. The minimum atomic E-state index is 0.262. The molecule has 0 heterocycles. The molecule has 0 unspecified atom stereocenters. The van der Waals surface area contributed by atoms with E-state index in [-0.39, 0.29) is 5.41 Å². The molecule has 0 fully saturated rings. The molecule has 0 spiro atoms. The van der Waals surface area contributed by atoms with Crippen molar-refractivity contribution in [3.05, 3.63) is 40.5 Å². The van der Waals surface area contributed by atoms with E-state index in [1.54, 1.807) is 11.1 Å². The third-order valence-electron chi connectivity index (χ3n) is 4.52. The van der Waals surface area contributed by atoms with Crippen molar-refractivity contribution in [1.82, 2.24) is 0 Å². The van der Waals surface area contributed by atoms with Crippen LogP contribution in [0.25, 0.3) is 5.57 Å². The molecule has 0 aromatic heterocycles. The van der Waals surface area contributed by atoms with E-state index in [0.717, 1.165) is 18.4 Å². The van der Waals surface area contributed by atoms with Crippen LogP contribution in [0.1, 0.15) is 70.1 Å². The molecule has 0 aliphatic heterocycles. The molecule has 0 amide bonds. The molecule has 0 heteroatoms. The monoisotopic (exact) mass is 252 g/mol. The summed E-state index contributed by atoms with van der Waals surface area (Å²) in [5, 5.41) is 0. The minimum Gasteiger partial charge on any atom is -0.115 e. The largest absolute Gasteiger partial charge is 0.115 e. The van der Waals surface area contributed by atoms with Crippen LogP contribution >= 0.6 is 0 Å². The predicted molar refractivity (Wildman–Crippen MR) is 84.1 cm³/mol. The van der Waals surface area contributed by atoms with E-state index in [1.165, 1.54) is 24.0 Å². The van der Waals surface area contributed by atoms with Crippen LogP contribution in [0.4, 0.5) is 0 Å². The summed E-state index contributed by atoms with van der Waals surface area (Å²) in [5.74, 6) is 2.78. The van der Waals surface area contributed by atoms with Crippen molar-refractivity contribution in [3.8, 4) is 12.3 Å². The first kappa shape index (κ1) is 13.9. The maximum Gasteiger partial charge on any atom is 0.0248 e. The van der Waals surface area contributed by atoms with Gasteiger partial charge in [-0.25, -0.2) is 0 Å². The van der Waals surface area contributed by atoms with Gasteiger partial charge in [0.05, 0.1) is 0 Å². The summed E-state index contributed by atoms with van der Waals surface area (Å²) < 4.78 is 0. The van der Waals surface area contributed by atoms with E-state index < -0.39 is 0 Å². The third-order valence-corrected chi connectivity index (χ3v) is 4.52. The van der Waals surface area contributed by atoms with Gasteiger partial charge in [-0.3, -0.25) is 0 Å². The normalized spacial score (nSPS) is 16.7. The van der Waals surface area contributed by atoms with Crippen molar-refractivity contribution < 1.29 is 0 Å². The lowest BCUT2D eigenvalue weighted by Crippen LogP contribution is -2.23. The molecule has 0 atom stereocenters. The molecule has 100 valence electrons. The average molecular weight is 252 g/mol. The first-order valence-electron chi connectivity index (χ1n) is 7.36. The summed E-state index contributed by atoms with van der Waals surface area (Å²) in [5.41, 5.74) is 7.28. The lowest BCUT2D eigenvalue weighted by molar-refractivity contribution is 0.473. The van der Waals surface area contributed by atoms with Crippen molar-refractivity contribution in [2.45, 2.75) is 58.8 Å². The van der Waals surface area contributed by atoms with Crippen LogP contribution in [0.5, 0.6) is 0 Å². The Balaban J connectivity index is 2.68. The average Bonchev–Trinajstić information content (AvgIpc) is 2.42. The second kappa shape index (κ2) is 5.25. The zero-order chi connectivity index (χ0) is 14.0. The van der Waals surface area contributed by atoms with Gasteiger partial charge < -0.3 is 0 Å². The minimum absolute atomic E-state index is 0.262. The molecule has 0 bridgehead atoms. The van der Waals surface area contributed by atoms with Crippen LogP contribution in [0.3, 0.4) is 0 Å². The maximum absolute atomic E-state index is 5.57. The highest BCUT2D eigenvalue weighted by atomic mass is 14.3. The molecular formula is C19H24. The molecule has 0 saturated carbocycles. The second-order valence-corrected chi connectivity index (χ2v) is 6.08. The van der Waals surface area contributed by atoms with E-state index in [1.807, 2.05) is 0 Å². The van der Waals surface area contributed by atoms with E-state index in [9.17, 15) is 0 Å². The fourth-order valence-electron chi connectivity index (χ4n) is 3.22. The number of fused-ring (bicyclic) bond motifs is 1. The van der Waals surface area contributed by atoms with Gasteiger partial charge in [-0.05, 0) is 59.9 Å². The van der Waals surface area contributed by atoms with E-state index in [0.29, 0.717) is 0 Å². The van der Waals surface area contributed by atoms with Crippen molar-refractivity contribution >= 4 is 5.57 Å². The molecular weight excluding hydrogens is 228 g/mol. The lowest BCUT2D eigenvalue weighted by atomic mass is 9.69. The Morgan fingerprint density at radius 3 is 2.53 bits per heavy atom. The van der Waals surface area contributed by atoms with Crippen molar-refractivity contribution in [1.29, 1.82) is 0 Å². The smallest absolute Gasteiger partial charge is 0.0248 e. The quantitative estimate of drug-likeness (QED) is 0.625. The zero-order valence-corrected chi connectivity index (χ0v) is 12.6. The van der Waals surface area contributed by atoms with Crippen LogP contribution in [-0.4, -0.2) is 0 Å². The number of hydrogen-bond acceptors (Lipinski definition) is 0. The summed E-state index contributed by atoms with van der Waals surface area (Å²) in [6.45, 7) is 9.21. The Labute approximate surface area is 117 Å². The highest BCUT2D eigenvalue weighted by Gasteiger charge is 2.30. The van der Waals surface area contributed by atoms with Crippen LogP contribution in [0.15, 0.2) is 23.8 Å². The summed E-state index contributed by atoms with van der Waals surface area (Å²) in [7, 11) is 0. The van der Waals surface area contributed by atoms with Crippen LogP contribution in [0.2, 0.25) is 0 Å². The number of allylic oxidation sites excluding steroid dienone is 2. The molecule has 1 aromatic carbocycles. The number of hydrogen-bond donors (Lipinski definition) is 0. The molecule has 0 N–H and O–H groups in total. The van der Waals surface area contributed by atoms with Crippen molar-refractivity contribution in [3.63, 3.8) is 0 Å². The summed E-state index contributed by atoms with van der Waals surface area (Å²) in [6.07, 6.45) is 10.3. The summed E-state index contributed by atoms with van der Waals surface area (Å²) >= 11 is 0. The van der Waals surface area contributed by atoms with Gasteiger partial charge in [0, 0.05) is 5.56 Å². The Bertz CT molecular complexity index is 544. The van der Waals surface area contributed by atoms with Gasteiger partial charge in [0.1, 0.15) is 0 Å². The fraction of sp³-hybridized carbons (Fsp3) is 0.474. The lowest BCUT2D eigenvalue weighted by Gasteiger charge is -2.35. The Morgan fingerprint density at radius 1 is 1.26 bits per heavy atom. The number of terminal acetylenes is 1. The number of benzene rings is 1. The van der Waals surface area contributed by atoms with E-state index in [4.69, 9.17) is 6.42 Å². The number of rotatable bonds is 2. The highest BCUT2D eigenvalue weighted by molar-refractivity contribution is 5.75. The van der Waals surface area contributed by atoms with Crippen LogP contribution < -0.4 is 0 Å². The zero-order valence-electron chi connectivity index (χ0n) is 12.6. The summed E-state index contributed by atoms with van der Waals surface area (Å²) in [6, 6.07) is 6.55. The molecule has 1 aromatic rings. The fourth-order valence-corrected chi connectivity index (χ4v) is 3.22. The molecule has 0 nitrogen and oxygen atoms in total. The summed E-state index contributed by atoms with van der Waals surface area (Å²) in [4.78, 5) is 0. The molecule has 1 aliphatic rings. The molecule has 2 rings (SSSR count). The van der Waals surface area contributed by atoms with E-state index >= 15 is 0 Å². The van der Waals surface area contributed by atoms with Crippen LogP contribution in [-0.2, 0) is 5.41 Å². The standard InChI is InChI=1S/C19H24/c1-6-14-9-10-18-17(13-14)16(15(7-2)8-3)11-12-19(18,4)5/h1,9-10,13H,7-8,11-12H2,2-5H3. The van der Waals surface area contributed by atoms with Gasteiger partial charge in [0.2, 0.25) is 0 Å². The Morgan fingerprint density at radius 2 is 1.95 bits per heavy atom. The third kappa shape index (κ3) is 2.47. The van der Waals surface area contributed by atoms with Crippen molar-refractivity contribution in [2.75, 3.05) is 0 Å². The van der Waals surface area contributed by atoms with Crippen LogP contribution in [0, 0.1) is 12.3 Å². The molecule has 0 saturated heterocycles. The Kier molecular flexibility index (Phi) is 3.85. The topological polar surface area (TPSA) is 0 Å². The predicted octanol–water partition coefficient (Wildman–Crippen LogP) is 5.31. The molecule has 0 radical (unpaired) electrons. The molecule has 1 aliphatic carbocycles. The highest BCUT2D eigenvalue weighted by Crippen LogP contribution is 2.44. The molecule has 19 heavy (non-hydrogen) atoms. The Hall–Kier alpha value is -1.48. The van der Waals surface area contributed by atoms with E-state index in [2.05, 4.69) is 51.8 Å². The van der Waals surface area contributed by atoms with Crippen molar-refractivity contribution in [2.24, 2.45) is 0 Å². The van der Waals surface area contributed by atoms with Gasteiger partial charge in [-0.15, -0.1) is 6.42 Å². The van der Waals surface area contributed by atoms with Gasteiger partial charge in [0.15, 0.2) is 0 Å². The second-order valence-electron chi connectivity index (χ2n) is 6.08. The van der Waals surface area contributed by atoms with Gasteiger partial charge >= 0.3 is 0 Å². The van der Waals surface area contributed by atoms with Gasteiger partial charge in [-0.2, -0.15) is 0 Å². The van der Waals surface area contributed by atoms with Gasteiger partial charge in [-0.1, -0.05) is 45.3 Å². The SMILES string of the molecule is C#Cc1ccc2c(c1)C(=C(CC)CC)CCC2(C)C.